The van der Waals surface area contributed by atoms with Crippen molar-refractivity contribution in [2.75, 3.05) is 27.3 Å². The van der Waals surface area contributed by atoms with Crippen molar-refractivity contribution < 1.29 is 14.6 Å². The fraction of sp³-hybridized carbons (Fsp3) is 1.00. The maximum Gasteiger partial charge on any atom is 0.177 e. The Morgan fingerprint density at radius 2 is 2.14 bits per heavy atom. The minimum Gasteiger partial charge on any atom is -0.383 e. The molecule has 2 fully saturated rings. The summed E-state index contributed by atoms with van der Waals surface area (Å²) in [5.41, 5.74) is -1.74. The highest BCUT2D eigenvalue weighted by Gasteiger charge is 2.64. The van der Waals surface area contributed by atoms with E-state index in [1.165, 1.54) is 0 Å². The molecule has 0 bridgehead atoms. The van der Waals surface area contributed by atoms with Crippen LogP contribution in [0.1, 0.15) is 6.92 Å². The number of hydrogen-bond acceptors (Lipinski definition) is 5. The van der Waals surface area contributed by atoms with Gasteiger partial charge < -0.3 is 19.9 Å². The number of fused-ring (bicyclic) bond motifs is 1. The van der Waals surface area contributed by atoms with Gasteiger partial charge >= 0.3 is 0 Å². The zero-order valence-electron chi connectivity index (χ0n) is 8.83. The molecule has 0 aromatic heterocycles. The lowest BCUT2D eigenvalue weighted by Crippen LogP contribution is -2.63. The second-order valence-corrected chi connectivity index (χ2v) is 4.20. The lowest BCUT2D eigenvalue weighted by atomic mass is 9.90. The van der Waals surface area contributed by atoms with Crippen LogP contribution in [0.4, 0.5) is 0 Å². The lowest BCUT2D eigenvalue weighted by molar-refractivity contribution is -0.145. The molecule has 1 unspecified atom stereocenters. The first-order valence-corrected chi connectivity index (χ1v) is 4.91. The highest BCUT2D eigenvalue weighted by molar-refractivity contribution is 5.13. The van der Waals surface area contributed by atoms with E-state index >= 15 is 0 Å². The predicted octanol–water partition coefficient (Wildman–Crippen LogP) is -1.33. The van der Waals surface area contributed by atoms with Crippen LogP contribution < -0.4 is 10.6 Å². The van der Waals surface area contributed by atoms with Gasteiger partial charge in [0.1, 0.15) is 11.7 Å². The molecule has 5 heteroatoms. The minimum atomic E-state index is -0.974. The van der Waals surface area contributed by atoms with Gasteiger partial charge in [-0.25, -0.2) is 0 Å². The summed E-state index contributed by atoms with van der Waals surface area (Å²) in [5, 5.41) is 16.4. The van der Waals surface area contributed by atoms with E-state index in [-0.39, 0.29) is 12.1 Å². The minimum absolute atomic E-state index is 0.132. The molecule has 2 heterocycles. The van der Waals surface area contributed by atoms with Crippen molar-refractivity contribution in [1.82, 2.24) is 10.6 Å². The Kier molecular flexibility index (Phi) is 2.32. The second kappa shape index (κ2) is 3.15. The summed E-state index contributed by atoms with van der Waals surface area (Å²) in [6.45, 7) is 2.59. The zero-order chi connectivity index (χ0) is 10.4. The highest BCUT2D eigenvalue weighted by Crippen LogP contribution is 2.41. The van der Waals surface area contributed by atoms with E-state index in [0.717, 1.165) is 0 Å². The molecule has 0 radical (unpaired) electrons. The van der Waals surface area contributed by atoms with Crippen molar-refractivity contribution in [2.45, 2.75) is 30.4 Å². The van der Waals surface area contributed by atoms with Gasteiger partial charge in [-0.05, 0) is 21.0 Å². The Morgan fingerprint density at radius 3 is 2.71 bits per heavy atom. The summed E-state index contributed by atoms with van der Waals surface area (Å²) in [4.78, 5) is 0. The highest BCUT2D eigenvalue weighted by atomic mass is 16.6. The van der Waals surface area contributed by atoms with Crippen LogP contribution in [0.5, 0.6) is 0 Å². The van der Waals surface area contributed by atoms with Crippen LogP contribution in [-0.4, -0.2) is 55.9 Å². The first-order chi connectivity index (χ1) is 6.57. The summed E-state index contributed by atoms with van der Waals surface area (Å²) in [6, 6.07) is 0.136. The van der Waals surface area contributed by atoms with Crippen LogP contribution in [0.3, 0.4) is 0 Å². The molecular weight excluding hydrogens is 184 g/mol. The van der Waals surface area contributed by atoms with Crippen LogP contribution >= 0.6 is 0 Å². The van der Waals surface area contributed by atoms with Gasteiger partial charge in [0.15, 0.2) is 5.72 Å². The summed E-state index contributed by atoms with van der Waals surface area (Å²) in [7, 11) is 3.66. The van der Waals surface area contributed by atoms with Crippen LogP contribution in [0.25, 0.3) is 0 Å². The molecule has 82 valence electrons. The standard InChI is InChI=1S/C9H18N2O3/c1-8(12)5-13-7-6(10-2)4-14-9(7,8)11-3/h6-7,10-12H,4-5H2,1-3H3/t6-,7-,8?,9+/m1/s1. The number of rotatable bonds is 2. The number of aliphatic hydroxyl groups is 1. The average molecular weight is 202 g/mol. The van der Waals surface area contributed by atoms with E-state index in [4.69, 9.17) is 9.47 Å². The van der Waals surface area contributed by atoms with Gasteiger partial charge in [-0.2, -0.15) is 0 Å². The maximum absolute atomic E-state index is 10.2. The Hall–Kier alpha value is -0.200. The van der Waals surface area contributed by atoms with Crippen molar-refractivity contribution >= 4 is 0 Å². The Bertz CT molecular complexity index is 234. The molecule has 3 N–H and O–H groups in total. The molecule has 14 heavy (non-hydrogen) atoms. The summed E-state index contributed by atoms with van der Waals surface area (Å²) in [5.74, 6) is 0. The quantitative estimate of drug-likeness (QED) is 0.518. The third kappa shape index (κ3) is 1.07. The molecule has 0 spiro atoms. The Morgan fingerprint density at radius 1 is 1.43 bits per heavy atom. The first kappa shape index (κ1) is 10.3. The predicted molar refractivity (Wildman–Crippen MR) is 51.0 cm³/mol. The van der Waals surface area contributed by atoms with Crippen molar-refractivity contribution in [3.8, 4) is 0 Å². The first-order valence-electron chi connectivity index (χ1n) is 4.91. The van der Waals surface area contributed by atoms with Crippen LogP contribution in [-0.2, 0) is 9.47 Å². The fourth-order valence-electron chi connectivity index (χ4n) is 2.45. The van der Waals surface area contributed by atoms with E-state index in [2.05, 4.69) is 10.6 Å². The Labute approximate surface area is 83.8 Å². The van der Waals surface area contributed by atoms with Gasteiger partial charge in [-0.3, -0.25) is 5.32 Å². The fourth-order valence-corrected chi connectivity index (χ4v) is 2.45. The summed E-state index contributed by atoms with van der Waals surface area (Å²) >= 11 is 0. The van der Waals surface area contributed by atoms with Crippen LogP contribution in [0.2, 0.25) is 0 Å². The molecule has 2 aliphatic rings. The summed E-state index contributed by atoms with van der Waals surface area (Å²) in [6.07, 6.45) is -0.132. The van der Waals surface area contributed by atoms with E-state index < -0.39 is 11.3 Å². The SMILES string of the molecule is CN[C@@H]1CO[C@@]2(NC)[C@@H]1OCC2(C)O. The molecule has 0 aromatic rings. The molecule has 2 rings (SSSR count). The van der Waals surface area contributed by atoms with Crippen molar-refractivity contribution in [2.24, 2.45) is 0 Å². The number of nitrogens with one attached hydrogen (secondary N) is 2. The lowest BCUT2D eigenvalue weighted by Gasteiger charge is -2.36. The zero-order valence-corrected chi connectivity index (χ0v) is 8.83. The van der Waals surface area contributed by atoms with Gasteiger partial charge in [0.05, 0.1) is 19.3 Å². The topological polar surface area (TPSA) is 62.8 Å². The largest absolute Gasteiger partial charge is 0.383 e. The van der Waals surface area contributed by atoms with Gasteiger partial charge in [0.2, 0.25) is 0 Å². The molecule has 0 aromatic carbocycles. The van der Waals surface area contributed by atoms with Crippen molar-refractivity contribution in [1.29, 1.82) is 0 Å². The third-order valence-corrected chi connectivity index (χ3v) is 3.34. The van der Waals surface area contributed by atoms with Crippen molar-refractivity contribution in [3.63, 3.8) is 0 Å². The molecular formula is C9H18N2O3. The second-order valence-electron chi connectivity index (χ2n) is 4.20. The van der Waals surface area contributed by atoms with Crippen LogP contribution in [0.15, 0.2) is 0 Å². The van der Waals surface area contributed by atoms with Gasteiger partial charge in [0, 0.05) is 0 Å². The van der Waals surface area contributed by atoms with Crippen molar-refractivity contribution in [3.05, 3.63) is 0 Å². The number of likely N-dealkylation sites (N-methyl/N-ethyl adjacent to an activating group) is 2. The average Bonchev–Trinajstić information content (AvgIpc) is 2.63. The van der Waals surface area contributed by atoms with Gasteiger partial charge in [-0.1, -0.05) is 0 Å². The number of ether oxygens (including phenoxy) is 2. The third-order valence-electron chi connectivity index (χ3n) is 3.34. The maximum atomic E-state index is 10.2. The van der Waals surface area contributed by atoms with E-state index in [0.29, 0.717) is 13.2 Å². The number of hydrogen-bond donors (Lipinski definition) is 3. The van der Waals surface area contributed by atoms with Gasteiger partial charge in [-0.15, -0.1) is 0 Å². The molecule has 0 amide bonds. The van der Waals surface area contributed by atoms with E-state index in [9.17, 15) is 5.11 Å². The summed E-state index contributed by atoms with van der Waals surface area (Å²) < 4.78 is 11.3. The van der Waals surface area contributed by atoms with E-state index in [1.54, 1.807) is 14.0 Å². The Balaban J connectivity index is 2.29. The smallest absolute Gasteiger partial charge is 0.177 e. The molecule has 4 atom stereocenters. The monoisotopic (exact) mass is 202 g/mol. The van der Waals surface area contributed by atoms with E-state index in [1.807, 2.05) is 7.05 Å². The molecule has 2 aliphatic heterocycles. The normalized spacial score (nSPS) is 52.3. The van der Waals surface area contributed by atoms with Gasteiger partial charge in [0.25, 0.3) is 0 Å². The van der Waals surface area contributed by atoms with Crippen LogP contribution in [0, 0.1) is 0 Å². The molecule has 0 aliphatic carbocycles. The molecule has 0 saturated carbocycles. The molecule has 2 saturated heterocycles. The molecule has 5 nitrogen and oxygen atoms in total.